The average Bonchev–Trinajstić information content (AvgIpc) is 2.60. The van der Waals surface area contributed by atoms with Gasteiger partial charge in [0.15, 0.2) is 0 Å². The molecule has 0 saturated heterocycles. The van der Waals surface area contributed by atoms with Crippen molar-refractivity contribution < 1.29 is 17.9 Å². The Morgan fingerprint density at radius 2 is 1.46 bits per heavy atom. The zero-order valence-electron chi connectivity index (χ0n) is 14.7. The predicted octanol–water partition coefficient (Wildman–Crippen LogP) is 3.93. The highest BCUT2D eigenvalue weighted by Gasteiger charge is 2.18. The van der Waals surface area contributed by atoms with Crippen molar-refractivity contribution in [3.8, 4) is 0 Å². The van der Waals surface area contributed by atoms with E-state index < -0.39 is 16.0 Å². The topological polar surface area (TPSA) is 88.4 Å². The van der Waals surface area contributed by atoms with Crippen LogP contribution >= 0.6 is 0 Å². The van der Waals surface area contributed by atoms with Gasteiger partial charge in [0.25, 0.3) is 0 Å². The maximum atomic E-state index is 12.1. The van der Waals surface area contributed by atoms with Crippen LogP contribution in [0, 0.1) is 6.92 Å². The molecule has 0 aliphatic carbocycles. The highest BCUT2D eigenvalue weighted by molar-refractivity contribution is 7.88. The minimum atomic E-state index is -3.54. The number of nitrogens with zero attached hydrogens (tertiary/aromatic N) is 3. The molecule has 8 heteroatoms. The Balaban J connectivity index is 2.03. The van der Waals surface area contributed by atoms with Crippen molar-refractivity contribution >= 4 is 27.4 Å². The lowest BCUT2D eigenvalue weighted by atomic mass is 10.2. The Morgan fingerprint density at radius 1 is 1.00 bits per heavy atom. The Bertz CT molecular complexity index is 933. The molecule has 0 aromatic heterocycles. The number of carbonyl (C=O) groups is 1. The Kier molecular flexibility index (Phi) is 5.89. The molecule has 7 nitrogen and oxygen atoms in total. The standard InChI is InChI=1S/C18H19N3O4S/c1-13-5-9-16(10-6-13)19-20-17-11-7-15(8-12-17)18(22)25-14(2)21(3)26(4,23)24/h5-12H,2H2,1,3-4H3. The maximum absolute atomic E-state index is 12.1. The van der Waals surface area contributed by atoms with E-state index in [0.717, 1.165) is 21.8 Å². The quantitative estimate of drug-likeness (QED) is 0.436. The molecule has 2 aromatic rings. The van der Waals surface area contributed by atoms with Gasteiger partial charge in [-0.15, -0.1) is 0 Å². The number of sulfonamides is 1. The smallest absolute Gasteiger partial charge is 0.344 e. The summed E-state index contributed by atoms with van der Waals surface area (Å²) in [4.78, 5) is 12.1. The molecule has 0 atom stereocenters. The zero-order valence-corrected chi connectivity index (χ0v) is 15.5. The van der Waals surface area contributed by atoms with Crippen molar-refractivity contribution in [1.82, 2.24) is 4.31 Å². The maximum Gasteiger partial charge on any atom is 0.344 e. The minimum absolute atomic E-state index is 0.238. The summed E-state index contributed by atoms with van der Waals surface area (Å²) < 4.78 is 28.5. The summed E-state index contributed by atoms with van der Waals surface area (Å²) in [5.74, 6) is -0.992. The van der Waals surface area contributed by atoms with Crippen molar-refractivity contribution in [2.24, 2.45) is 10.2 Å². The second-order valence-electron chi connectivity index (χ2n) is 5.60. The fourth-order valence-electron chi connectivity index (χ4n) is 1.81. The molecule has 0 N–H and O–H groups in total. The molecule has 0 aliphatic rings. The van der Waals surface area contributed by atoms with Gasteiger partial charge in [-0.25, -0.2) is 17.5 Å². The van der Waals surface area contributed by atoms with Gasteiger partial charge in [0.2, 0.25) is 15.9 Å². The van der Waals surface area contributed by atoms with Crippen molar-refractivity contribution in [3.63, 3.8) is 0 Å². The molecule has 2 rings (SSSR count). The molecule has 26 heavy (non-hydrogen) atoms. The van der Waals surface area contributed by atoms with E-state index in [9.17, 15) is 13.2 Å². The number of rotatable bonds is 6. The molecule has 0 heterocycles. The summed E-state index contributed by atoms with van der Waals surface area (Å²) in [6.45, 7) is 5.43. The summed E-state index contributed by atoms with van der Waals surface area (Å²) in [5.41, 5.74) is 2.66. The third-order valence-electron chi connectivity index (χ3n) is 3.48. The Labute approximate surface area is 152 Å². The number of hydrogen-bond acceptors (Lipinski definition) is 6. The molecule has 0 saturated carbocycles. The van der Waals surface area contributed by atoms with E-state index in [2.05, 4.69) is 16.8 Å². The molecule has 0 unspecified atom stereocenters. The van der Waals surface area contributed by atoms with E-state index in [1.807, 2.05) is 31.2 Å². The molecular weight excluding hydrogens is 354 g/mol. The van der Waals surface area contributed by atoms with Gasteiger partial charge >= 0.3 is 5.97 Å². The first-order valence-corrected chi connectivity index (χ1v) is 9.45. The van der Waals surface area contributed by atoms with Crippen LogP contribution in [0.2, 0.25) is 0 Å². The second-order valence-corrected chi connectivity index (χ2v) is 7.61. The Morgan fingerprint density at radius 3 is 1.92 bits per heavy atom. The van der Waals surface area contributed by atoms with Gasteiger partial charge in [-0.3, -0.25) is 0 Å². The molecule has 0 amide bonds. The molecule has 0 spiro atoms. The fraction of sp³-hybridized carbons (Fsp3) is 0.167. The van der Waals surface area contributed by atoms with Gasteiger partial charge in [-0.2, -0.15) is 10.2 Å². The molecule has 2 aromatic carbocycles. The first-order chi connectivity index (χ1) is 12.2. The van der Waals surface area contributed by atoms with Crippen molar-refractivity contribution in [2.45, 2.75) is 6.92 Å². The summed E-state index contributed by atoms with van der Waals surface area (Å²) in [7, 11) is -2.29. The van der Waals surface area contributed by atoms with Crippen LogP contribution in [0.4, 0.5) is 11.4 Å². The van der Waals surface area contributed by atoms with Crippen molar-refractivity contribution in [1.29, 1.82) is 0 Å². The number of aryl methyl sites for hydroxylation is 1. The first-order valence-electron chi connectivity index (χ1n) is 7.60. The summed E-state index contributed by atoms with van der Waals surface area (Å²) in [6.07, 6.45) is 0.986. The second kappa shape index (κ2) is 7.92. The lowest BCUT2D eigenvalue weighted by molar-refractivity contribution is 0.0572. The Hall–Kier alpha value is -3.00. The highest BCUT2D eigenvalue weighted by Crippen LogP contribution is 2.20. The molecule has 0 bridgehead atoms. The first kappa shape index (κ1) is 19.3. The fourth-order valence-corrected chi connectivity index (χ4v) is 2.21. The van der Waals surface area contributed by atoms with Crippen LogP contribution in [0.3, 0.4) is 0 Å². The number of hydrogen-bond donors (Lipinski definition) is 0. The average molecular weight is 373 g/mol. The number of carbonyl (C=O) groups excluding carboxylic acids is 1. The van der Waals surface area contributed by atoms with E-state index in [1.54, 1.807) is 12.1 Å². The largest absolute Gasteiger partial charge is 0.406 e. The lowest BCUT2D eigenvalue weighted by Gasteiger charge is -2.18. The molecular formula is C18H19N3O4S. The van der Waals surface area contributed by atoms with E-state index >= 15 is 0 Å². The lowest BCUT2D eigenvalue weighted by Crippen LogP contribution is -2.27. The van der Waals surface area contributed by atoms with Gasteiger partial charge in [-0.1, -0.05) is 17.7 Å². The highest BCUT2D eigenvalue weighted by atomic mass is 32.2. The SMILES string of the molecule is C=C(OC(=O)c1ccc(N=Nc2ccc(C)cc2)cc1)N(C)S(C)(=O)=O. The van der Waals surface area contributed by atoms with E-state index in [0.29, 0.717) is 5.69 Å². The number of esters is 1. The van der Waals surface area contributed by atoms with E-state index in [1.165, 1.54) is 19.2 Å². The van der Waals surface area contributed by atoms with Gasteiger partial charge < -0.3 is 4.74 Å². The number of azo groups is 1. The number of benzene rings is 2. The van der Waals surface area contributed by atoms with Gasteiger partial charge in [-0.05, 0) is 49.9 Å². The molecule has 0 aliphatic heterocycles. The van der Waals surface area contributed by atoms with Crippen LogP contribution in [0.25, 0.3) is 0 Å². The number of ether oxygens (including phenoxy) is 1. The van der Waals surface area contributed by atoms with Crippen molar-refractivity contribution in [3.05, 3.63) is 72.1 Å². The van der Waals surface area contributed by atoms with E-state index in [4.69, 9.17) is 4.74 Å². The zero-order chi connectivity index (χ0) is 19.3. The van der Waals surface area contributed by atoms with Crippen LogP contribution in [-0.2, 0) is 14.8 Å². The molecule has 0 radical (unpaired) electrons. The summed E-state index contributed by atoms with van der Waals surface area (Å²) >= 11 is 0. The van der Waals surface area contributed by atoms with Crippen molar-refractivity contribution in [2.75, 3.05) is 13.3 Å². The van der Waals surface area contributed by atoms with Crippen LogP contribution < -0.4 is 0 Å². The van der Waals surface area contributed by atoms with E-state index in [-0.39, 0.29) is 11.4 Å². The van der Waals surface area contributed by atoms with Crippen LogP contribution in [-0.4, -0.2) is 32.0 Å². The predicted molar refractivity (Wildman–Crippen MR) is 99.0 cm³/mol. The third-order valence-corrected chi connectivity index (χ3v) is 4.68. The van der Waals surface area contributed by atoms with Crippen LogP contribution in [0.15, 0.2) is 71.2 Å². The summed E-state index contributed by atoms with van der Waals surface area (Å²) in [5, 5.41) is 8.21. The van der Waals surface area contributed by atoms with Crippen LogP contribution in [0.1, 0.15) is 15.9 Å². The monoisotopic (exact) mass is 373 g/mol. The van der Waals surface area contributed by atoms with Gasteiger partial charge in [0.05, 0.1) is 23.2 Å². The molecule has 136 valence electrons. The van der Waals surface area contributed by atoms with Crippen LogP contribution in [0.5, 0.6) is 0 Å². The van der Waals surface area contributed by atoms with Gasteiger partial charge in [0.1, 0.15) is 0 Å². The summed E-state index contributed by atoms with van der Waals surface area (Å²) in [6, 6.07) is 13.8. The third kappa shape index (κ3) is 5.25. The normalized spacial score (nSPS) is 11.3. The van der Waals surface area contributed by atoms with Gasteiger partial charge in [0, 0.05) is 7.05 Å². The molecule has 0 fully saturated rings. The minimum Gasteiger partial charge on any atom is -0.406 e.